The summed E-state index contributed by atoms with van der Waals surface area (Å²) in [5.41, 5.74) is 3.46. The number of aliphatic hydroxyl groups excluding tert-OH is 1. The van der Waals surface area contributed by atoms with Crippen LogP contribution in [0.5, 0.6) is 0 Å². The van der Waals surface area contributed by atoms with Crippen LogP contribution in [0.25, 0.3) is 15.4 Å². The van der Waals surface area contributed by atoms with Crippen molar-refractivity contribution >= 4 is 75.0 Å². The highest BCUT2D eigenvalue weighted by Crippen LogP contribution is 2.39. The van der Waals surface area contributed by atoms with E-state index in [2.05, 4.69) is 41.4 Å². The first-order valence-electron chi connectivity index (χ1n) is 24.2. The van der Waals surface area contributed by atoms with Crippen molar-refractivity contribution in [2.45, 2.75) is 85.7 Å². The average molecular weight is 1110 g/mol. The summed E-state index contributed by atoms with van der Waals surface area (Å²) in [7, 11) is 0. The fourth-order valence-corrected chi connectivity index (χ4v) is 11.3. The SMILES string of the molecule is Cc1ncsc1-c1ccc(CNC(=O)C2CC(O)CN2C(=O)C(NC(=O)c2cc(F)c(N=Nc3c(F)cc(C(=O)NCC4N=C(c5ccc(Cl)cc5)c5c(sc(C)c5C)-n5c(C)nnc54)cc3F)c(F)c2)C(C)(C)C)cc1. The Morgan fingerprint density at radius 3 is 2.01 bits per heavy atom. The van der Waals surface area contributed by atoms with Crippen molar-refractivity contribution in [1.29, 1.82) is 0 Å². The molecule has 0 radical (unpaired) electrons. The number of carbonyl (C=O) groups excluding carboxylic acids is 4. The molecule has 77 heavy (non-hydrogen) atoms. The van der Waals surface area contributed by atoms with Crippen molar-refractivity contribution < 1.29 is 41.8 Å². The number of benzene rings is 4. The Labute approximate surface area is 452 Å². The van der Waals surface area contributed by atoms with E-state index in [0.717, 1.165) is 48.3 Å². The number of thiophene rings is 1. The molecule has 4 unspecified atom stereocenters. The summed E-state index contributed by atoms with van der Waals surface area (Å²) in [6.07, 6.45) is -1.12. The molecule has 4 aromatic carbocycles. The minimum Gasteiger partial charge on any atom is -0.391 e. The fraction of sp³-hybridized carbons (Fsp3) is 0.296. The number of nitrogens with zero attached hydrogens (tertiary/aromatic N) is 8. The van der Waals surface area contributed by atoms with Gasteiger partial charge in [-0.05, 0) is 86.2 Å². The monoisotopic (exact) mass is 1110 g/mol. The summed E-state index contributed by atoms with van der Waals surface area (Å²) in [5, 5.41) is 35.6. The molecular weight excluding hydrogens is 1060 g/mol. The smallest absolute Gasteiger partial charge is 0.252 e. The molecule has 9 rings (SSSR count). The van der Waals surface area contributed by atoms with Gasteiger partial charge in [-0.15, -0.1) is 43.1 Å². The molecule has 398 valence electrons. The fourth-order valence-electron chi connectivity index (χ4n) is 9.10. The highest BCUT2D eigenvalue weighted by molar-refractivity contribution is 7.15. The minimum atomic E-state index is -1.44. The number of aliphatic imine (C=N–C) groups is 1. The number of fused-ring (bicyclic) bond motifs is 3. The van der Waals surface area contributed by atoms with Gasteiger partial charge in [0.15, 0.2) is 40.5 Å². The number of hydrogen-bond donors (Lipinski definition) is 4. The lowest BCUT2D eigenvalue weighted by Gasteiger charge is -2.35. The van der Waals surface area contributed by atoms with Crippen LogP contribution in [0.1, 0.15) is 98.4 Å². The number of nitrogens with one attached hydrogen (secondary N) is 3. The van der Waals surface area contributed by atoms with Crippen molar-refractivity contribution in [1.82, 2.24) is 40.6 Å². The van der Waals surface area contributed by atoms with Gasteiger partial charge in [-0.3, -0.25) is 28.7 Å². The van der Waals surface area contributed by atoms with E-state index in [1.165, 1.54) is 27.6 Å². The molecule has 1 saturated heterocycles. The lowest BCUT2D eigenvalue weighted by Crippen LogP contribution is -2.57. The van der Waals surface area contributed by atoms with E-state index in [1.807, 2.05) is 61.7 Å². The zero-order valence-corrected chi connectivity index (χ0v) is 44.9. The maximum absolute atomic E-state index is 15.6. The Morgan fingerprint density at radius 2 is 1.43 bits per heavy atom. The molecule has 23 heteroatoms. The third kappa shape index (κ3) is 11.2. The number of aromatic nitrogens is 4. The van der Waals surface area contributed by atoms with E-state index in [4.69, 9.17) is 16.6 Å². The lowest BCUT2D eigenvalue weighted by atomic mass is 9.85. The molecule has 16 nitrogen and oxygen atoms in total. The second-order valence-corrected chi connectivity index (χ2v) is 22.2. The molecule has 0 spiro atoms. The molecule has 4 amide bonds. The van der Waals surface area contributed by atoms with E-state index in [0.29, 0.717) is 46.6 Å². The Hall–Kier alpha value is -7.53. The first-order chi connectivity index (χ1) is 36.6. The normalized spacial score (nSPS) is 16.7. The first kappa shape index (κ1) is 54.3. The molecule has 2 aliphatic rings. The Bertz CT molecular complexity index is 3490. The summed E-state index contributed by atoms with van der Waals surface area (Å²) < 4.78 is 64.2. The number of aryl methyl sites for hydroxylation is 3. The molecule has 2 aliphatic heterocycles. The van der Waals surface area contributed by atoms with Crippen LogP contribution in [0.2, 0.25) is 5.02 Å². The molecule has 5 heterocycles. The predicted molar refractivity (Wildman–Crippen MR) is 283 cm³/mol. The van der Waals surface area contributed by atoms with Gasteiger partial charge in [0.05, 0.1) is 27.9 Å². The predicted octanol–water partition coefficient (Wildman–Crippen LogP) is 10.1. The molecule has 0 bridgehead atoms. The van der Waals surface area contributed by atoms with E-state index in [9.17, 15) is 24.3 Å². The number of thiazole rings is 1. The molecule has 4 atom stereocenters. The number of amides is 4. The second-order valence-electron chi connectivity index (χ2n) is 19.7. The van der Waals surface area contributed by atoms with Crippen molar-refractivity contribution in [2.24, 2.45) is 20.6 Å². The summed E-state index contributed by atoms with van der Waals surface area (Å²) in [5.74, 6) is -7.83. The standard InChI is InChI=1S/C54H50ClF4N11O5S2/c1-25-27(3)77-53-42(25)43(30-12-14-34(55)15-13-30)63-40(48-68-65-28(4)70(48)53)22-61-49(72)32-16-36(56)44(37(57)17-32)66-67-45-38(58)18-33(19-39(45)59)50(73)64-47(54(5,6)7)52(75)69-23-35(71)20-41(69)51(74)60-21-29-8-10-31(11-9-29)46-26(2)62-24-76-46/h8-19,24,35,40-41,47,71H,20-23H2,1-7H3,(H,60,74)(H,61,72)(H,64,73). The third-order valence-electron chi connectivity index (χ3n) is 13.3. The van der Waals surface area contributed by atoms with Gasteiger partial charge in [0.1, 0.15) is 29.0 Å². The number of halogens is 5. The molecular formula is C54H50ClF4N11O5S2. The maximum Gasteiger partial charge on any atom is 0.252 e. The Kier molecular flexibility index (Phi) is 15.4. The first-order valence-corrected chi connectivity index (χ1v) is 26.3. The van der Waals surface area contributed by atoms with Gasteiger partial charge in [-0.25, -0.2) is 22.5 Å². The number of azo groups is 1. The number of β-amino-alcohol motifs (C(OH)–C–C–N with tert-alkyl or cyclic N) is 1. The quantitative estimate of drug-likeness (QED) is 0.0644. The van der Waals surface area contributed by atoms with E-state index >= 15 is 17.6 Å². The molecule has 7 aromatic rings. The third-order valence-corrected chi connectivity index (χ3v) is 15.7. The van der Waals surface area contributed by atoms with Gasteiger partial charge in [0.2, 0.25) is 11.8 Å². The molecule has 0 saturated carbocycles. The van der Waals surface area contributed by atoms with Crippen molar-refractivity contribution in [3.05, 3.63) is 162 Å². The summed E-state index contributed by atoms with van der Waals surface area (Å²) in [6.45, 7) is 12.4. The summed E-state index contributed by atoms with van der Waals surface area (Å²) in [4.78, 5) is 67.5. The van der Waals surface area contributed by atoms with Gasteiger partial charge in [-0.1, -0.05) is 68.8 Å². The van der Waals surface area contributed by atoms with E-state index in [1.54, 1.807) is 45.3 Å². The maximum atomic E-state index is 15.6. The number of likely N-dealkylation sites (tertiary alicyclic amines) is 1. The zero-order chi connectivity index (χ0) is 55.2. The van der Waals surface area contributed by atoms with Crippen LogP contribution in [0.15, 0.2) is 93.5 Å². The van der Waals surface area contributed by atoms with Gasteiger partial charge >= 0.3 is 0 Å². The van der Waals surface area contributed by atoms with E-state index in [-0.39, 0.29) is 26.1 Å². The number of carbonyl (C=O) groups is 4. The highest BCUT2D eigenvalue weighted by Gasteiger charge is 2.45. The van der Waals surface area contributed by atoms with Gasteiger partial charge < -0.3 is 26.0 Å². The number of aliphatic hydroxyl groups is 1. The van der Waals surface area contributed by atoms with Crippen LogP contribution in [0, 0.1) is 56.4 Å². The Balaban J connectivity index is 0.864. The van der Waals surface area contributed by atoms with Gasteiger partial charge in [0, 0.05) is 58.2 Å². The van der Waals surface area contributed by atoms with Crippen LogP contribution in [0.3, 0.4) is 0 Å². The zero-order valence-electron chi connectivity index (χ0n) is 42.5. The lowest BCUT2D eigenvalue weighted by molar-refractivity contribution is -0.142. The van der Waals surface area contributed by atoms with Crippen molar-refractivity contribution in [3.63, 3.8) is 0 Å². The molecule has 0 aliphatic carbocycles. The van der Waals surface area contributed by atoms with Gasteiger partial charge in [0.25, 0.3) is 11.8 Å². The van der Waals surface area contributed by atoms with Crippen molar-refractivity contribution in [3.8, 4) is 15.4 Å². The minimum absolute atomic E-state index is 0.0707. The number of rotatable bonds is 13. The van der Waals surface area contributed by atoms with Crippen molar-refractivity contribution in [2.75, 3.05) is 13.1 Å². The molecule has 4 N–H and O–H groups in total. The van der Waals surface area contributed by atoms with Crippen LogP contribution < -0.4 is 16.0 Å². The highest BCUT2D eigenvalue weighted by atomic mass is 35.5. The van der Waals surface area contributed by atoms with Crippen LogP contribution in [-0.2, 0) is 16.1 Å². The van der Waals surface area contributed by atoms with Gasteiger partial charge in [-0.2, -0.15) is 0 Å². The van der Waals surface area contributed by atoms with Crippen LogP contribution in [0.4, 0.5) is 28.9 Å². The topological polar surface area (TPSA) is 209 Å². The second kappa shape index (κ2) is 21.8. The summed E-state index contributed by atoms with van der Waals surface area (Å²) >= 11 is 9.27. The largest absolute Gasteiger partial charge is 0.391 e. The summed E-state index contributed by atoms with van der Waals surface area (Å²) in [6, 6.07) is 14.0. The molecule has 1 fully saturated rings. The van der Waals surface area contributed by atoms with E-state index < -0.39 is 99.0 Å². The Morgan fingerprint density at radius 1 is 0.831 bits per heavy atom. The van der Waals surface area contributed by atoms with Crippen LogP contribution >= 0.6 is 34.3 Å². The van der Waals surface area contributed by atoms with Crippen LogP contribution in [-0.4, -0.2) is 90.4 Å². The number of hydrogen-bond acceptors (Lipinski definition) is 13. The average Bonchev–Trinajstić information content (AvgIpc) is 4.15. The molecule has 3 aromatic heterocycles.